The fraction of sp³-hybridized carbons (Fsp3) is 0.211. The number of aromatic nitrogens is 3. The molecule has 1 aromatic heterocycles. The summed E-state index contributed by atoms with van der Waals surface area (Å²) in [5.41, 5.74) is -0.125. The number of hydrogen-bond acceptors (Lipinski definition) is 4. The van der Waals surface area contributed by atoms with Crippen molar-refractivity contribution in [2.75, 3.05) is 11.9 Å². The molecule has 2 aromatic carbocycles. The highest BCUT2D eigenvalue weighted by Crippen LogP contribution is 2.36. The van der Waals surface area contributed by atoms with Crippen LogP contribution in [0, 0.1) is 0 Å². The van der Waals surface area contributed by atoms with Gasteiger partial charge in [-0.05, 0) is 29.8 Å². The van der Waals surface area contributed by atoms with E-state index >= 15 is 0 Å². The number of fused-ring (bicyclic) bond motifs is 1. The van der Waals surface area contributed by atoms with Crippen molar-refractivity contribution in [1.82, 2.24) is 20.1 Å². The Balaban J connectivity index is 1.42. The molecule has 7 nitrogen and oxygen atoms in total. The van der Waals surface area contributed by atoms with Gasteiger partial charge in [0.05, 0.1) is 23.5 Å². The third-order valence-corrected chi connectivity index (χ3v) is 4.44. The summed E-state index contributed by atoms with van der Waals surface area (Å²) in [6, 6.07) is 10.3. The number of ether oxygens (including phenoxy) is 1. The van der Waals surface area contributed by atoms with Gasteiger partial charge in [-0.3, -0.25) is 0 Å². The second-order valence-electron chi connectivity index (χ2n) is 6.45. The summed E-state index contributed by atoms with van der Waals surface area (Å²) in [6.07, 6.45) is -1.80. The normalized spacial score (nSPS) is 15.5. The zero-order valence-corrected chi connectivity index (χ0v) is 15.0. The molecule has 4 rings (SSSR count). The van der Waals surface area contributed by atoms with Crippen LogP contribution in [0.1, 0.15) is 11.1 Å². The number of carbonyl (C=O) groups is 1. The molecule has 0 spiro atoms. The molecule has 1 aliphatic rings. The average Bonchev–Trinajstić information content (AvgIpc) is 3.35. The second kappa shape index (κ2) is 7.46. The lowest BCUT2D eigenvalue weighted by atomic mass is 10.1. The Bertz CT molecular complexity index is 996. The highest BCUT2D eigenvalue weighted by Gasteiger charge is 2.34. The lowest BCUT2D eigenvalue weighted by molar-refractivity contribution is -0.136. The summed E-state index contributed by atoms with van der Waals surface area (Å²) in [4.78, 5) is 15.9. The van der Waals surface area contributed by atoms with Crippen molar-refractivity contribution in [1.29, 1.82) is 0 Å². The number of halogens is 3. The maximum atomic E-state index is 13.5. The molecule has 3 aromatic rings. The van der Waals surface area contributed by atoms with E-state index in [0.29, 0.717) is 6.42 Å². The first-order valence-electron chi connectivity index (χ1n) is 8.76. The summed E-state index contributed by atoms with van der Waals surface area (Å²) in [6.45, 7) is 0.166. The molecule has 0 fully saturated rings. The van der Waals surface area contributed by atoms with Crippen molar-refractivity contribution >= 4 is 11.7 Å². The van der Waals surface area contributed by atoms with Crippen LogP contribution in [-0.2, 0) is 12.6 Å². The lowest BCUT2D eigenvalue weighted by Gasteiger charge is -2.17. The summed E-state index contributed by atoms with van der Waals surface area (Å²) in [5, 5.41) is 8.64. The number of benzene rings is 2. The first-order chi connectivity index (χ1) is 13.9. The van der Waals surface area contributed by atoms with Crippen molar-refractivity contribution in [3.8, 4) is 11.4 Å². The molecule has 1 atom stereocenters. The fourth-order valence-corrected chi connectivity index (χ4v) is 3.10. The van der Waals surface area contributed by atoms with E-state index in [2.05, 4.69) is 20.7 Å². The average molecular weight is 403 g/mol. The van der Waals surface area contributed by atoms with Gasteiger partial charge in [-0.1, -0.05) is 18.2 Å². The molecule has 10 heteroatoms. The van der Waals surface area contributed by atoms with Gasteiger partial charge >= 0.3 is 12.2 Å². The molecule has 2 heterocycles. The van der Waals surface area contributed by atoms with E-state index in [1.807, 2.05) is 24.3 Å². The zero-order valence-electron chi connectivity index (χ0n) is 15.0. The Morgan fingerprint density at radius 2 is 2.07 bits per heavy atom. The molecule has 0 saturated carbocycles. The Morgan fingerprint density at radius 3 is 2.79 bits per heavy atom. The maximum absolute atomic E-state index is 13.5. The van der Waals surface area contributed by atoms with Crippen LogP contribution in [0.2, 0.25) is 0 Å². The van der Waals surface area contributed by atoms with Crippen molar-refractivity contribution in [2.45, 2.75) is 18.7 Å². The highest BCUT2D eigenvalue weighted by molar-refractivity contribution is 5.90. The summed E-state index contributed by atoms with van der Waals surface area (Å²) in [7, 11) is 0. The maximum Gasteiger partial charge on any atom is 0.418 e. The van der Waals surface area contributed by atoms with E-state index in [9.17, 15) is 18.0 Å². The molecule has 0 saturated heterocycles. The zero-order chi connectivity index (χ0) is 20.4. The number of amides is 2. The number of carbonyl (C=O) groups excluding carboxylic acids is 1. The number of anilines is 1. The van der Waals surface area contributed by atoms with Gasteiger partial charge in [-0.15, -0.1) is 0 Å². The molecule has 0 aliphatic carbocycles. The van der Waals surface area contributed by atoms with Crippen LogP contribution < -0.4 is 15.4 Å². The quantitative estimate of drug-likeness (QED) is 0.700. The van der Waals surface area contributed by atoms with Gasteiger partial charge in [-0.25, -0.2) is 14.5 Å². The van der Waals surface area contributed by atoms with Crippen molar-refractivity contribution in [2.24, 2.45) is 0 Å². The number of para-hydroxylation sites is 1. The van der Waals surface area contributed by atoms with Crippen molar-refractivity contribution in [3.05, 3.63) is 66.2 Å². The van der Waals surface area contributed by atoms with E-state index in [0.717, 1.165) is 17.4 Å². The minimum absolute atomic E-state index is 0.166. The van der Waals surface area contributed by atoms with E-state index in [1.165, 1.54) is 29.5 Å². The minimum atomic E-state index is -4.66. The molecule has 1 unspecified atom stereocenters. The third-order valence-electron chi connectivity index (χ3n) is 4.44. The van der Waals surface area contributed by atoms with Crippen LogP contribution >= 0.6 is 0 Å². The largest absolute Gasteiger partial charge is 0.488 e. The van der Waals surface area contributed by atoms with Gasteiger partial charge in [-0.2, -0.15) is 18.3 Å². The fourth-order valence-electron chi connectivity index (χ4n) is 3.10. The number of rotatable bonds is 4. The Labute approximate surface area is 163 Å². The second-order valence-corrected chi connectivity index (χ2v) is 6.45. The molecule has 150 valence electrons. The number of alkyl halides is 3. The highest BCUT2D eigenvalue weighted by atomic mass is 19.4. The van der Waals surface area contributed by atoms with Gasteiger partial charge < -0.3 is 15.4 Å². The number of nitrogens with one attached hydrogen (secondary N) is 2. The standard InChI is InChI=1S/C19H16F3N5O2/c20-19(21,22)15-8-13(27-11-23-10-25-27)5-6-16(15)26-18(28)24-9-14-7-12-3-1-2-4-17(12)29-14/h1-6,8,10-11,14H,7,9H2,(H2,24,26,28). The number of nitrogens with zero attached hydrogens (tertiary/aromatic N) is 3. The minimum Gasteiger partial charge on any atom is -0.488 e. The van der Waals surface area contributed by atoms with Crippen LogP contribution in [0.4, 0.5) is 23.7 Å². The van der Waals surface area contributed by atoms with Gasteiger partial charge in [0, 0.05) is 6.42 Å². The Hall–Kier alpha value is -3.56. The molecule has 0 radical (unpaired) electrons. The SMILES string of the molecule is O=C(NCC1Cc2ccccc2O1)Nc1ccc(-n2cncn2)cc1C(F)(F)F. The topological polar surface area (TPSA) is 81.1 Å². The van der Waals surface area contributed by atoms with E-state index in [1.54, 1.807) is 0 Å². The predicted molar refractivity (Wildman–Crippen MR) is 97.9 cm³/mol. The van der Waals surface area contributed by atoms with E-state index in [-0.39, 0.29) is 24.0 Å². The molecule has 1 aliphatic heterocycles. The van der Waals surface area contributed by atoms with Crippen LogP contribution in [0.25, 0.3) is 5.69 Å². The van der Waals surface area contributed by atoms with Crippen LogP contribution in [0.3, 0.4) is 0 Å². The molecule has 2 amide bonds. The Kier molecular flexibility index (Phi) is 4.83. The van der Waals surface area contributed by atoms with E-state index in [4.69, 9.17) is 4.74 Å². The molecular weight excluding hydrogens is 387 g/mol. The van der Waals surface area contributed by atoms with Crippen molar-refractivity contribution < 1.29 is 22.7 Å². The first kappa shape index (κ1) is 18.8. The predicted octanol–water partition coefficient (Wildman–Crippen LogP) is 3.41. The number of urea groups is 1. The van der Waals surface area contributed by atoms with Gasteiger partial charge in [0.15, 0.2) is 0 Å². The van der Waals surface area contributed by atoms with Crippen LogP contribution in [0.5, 0.6) is 5.75 Å². The molecule has 0 bridgehead atoms. The van der Waals surface area contributed by atoms with Gasteiger partial charge in [0.25, 0.3) is 0 Å². The van der Waals surface area contributed by atoms with Crippen molar-refractivity contribution in [3.63, 3.8) is 0 Å². The molecular formula is C19H16F3N5O2. The summed E-state index contributed by atoms with van der Waals surface area (Å²) in [5.74, 6) is 0.753. The smallest absolute Gasteiger partial charge is 0.418 e. The summed E-state index contributed by atoms with van der Waals surface area (Å²) < 4.78 is 47.3. The van der Waals surface area contributed by atoms with Gasteiger partial charge in [0.1, 0.15) is 24.5 Å². The first-order valence-corrected chi connectivity index (χ1v) is 8.76. The van der Waals surface area contributed by atoms with Gasteiger partial charge in [0.2, 0.25) is 0 Å². The number of hydrogen-bond donors (Lipinski definition) is 2. The molecule has 29 heavy (non-hydrogen) atoms. The Morgan fingerprint density at radius 1 is 1.24 bits per heavy atom. The van der Waals surface area contributed by atoms with E-state index < -0.39 is 17.8 Å². The summed E-state index contributed by atoms with van der Waals surface area (Å²) >= 11 is 0. The monoisotopic (exact) mass is 403 g/mol. The third kappa shape index (κ3) is 4.15. The van der Waals surface area contributed by atoms with Crippen LogP contribution in [-0.4, -0.2) is 33.4 Å². The molecule has 2 N–H and O–H groups in total. The van der Waals surface area contributed by atoms with Crippen LogP contribution in [0.15, 0.2) is 55.1 Å². The lowest BCUT2D eigenvalue weighted by Crippen LogP contribution is -2.37.